The van der Waals surface area contributed by atoms with E-state index in [-0.39, 0.29) is 26.0 Å². The van der Waals surface area contributed by atoms with Crippen molar-refractivity contribution >= 4 is 6.03 Å². The second-order valence-electron chi connectivity index (χ2n) is 4.26. The lowest BCUT2D eigenvalue weighted by Gasteiger charge is -2.04. The first-order chi connectivity index (χ1) is 10.8. The van der Waals surface area contributed by atoms with E-state index in [2.05, 4.69) is 22.5 Å². The number of hydrogen-bond acceptors (Lipinski definition) is 5. The smallest absolute Gasteiger partial charge is 0.315 e. The minimum Gasteiger partial charge on any atom is -0.481 e. The summed E-state index contributed by atoms with van der Waals surface area (Å²) in [6.07, 6.45) is 0. The maximum atomic E-state index is 11.3. The van der Waals surface area contributed by atoms with Gasteiger partial charge in [0.2, 0.25) is 6.79 Å². The molecule has 0 radical (unpaired) electrons. The molecule has 1 aromatic carbocycles. The summed E-state index contributed by atoms with van der Waals surface area (Å²) in [5.74, 6) is 7.64. The van der Waals surface area contributed by atoms with Gasteiger partial charge in [0, 0.05) is 19.7 Å². The predicted molar refractivity (Wildman–Crippen MR) is 79.1 cm³/mol. The first kappa shape index (κ1) is 15.8. The molecule has 22 heavy (non-hydrogen) atoms. The Kier molecular flexibility index (Phi) is 6.20. The highest BCUT2D eigenvalue weighted by Gasteiger charge is 2.13. The lowest BCUT2D eigenvalue weighted by molar-refractivity contribution is 0.174. The first-order valence-corrected chi connectivity index (χ1v) is 6.78. The average Bonchev–Trinajstić information content (AvgIpc) is 2.98. The third-order valence-corrected chi connectivity index (χ3v) is 2.71. The van der Waals surface area contributed by atoms with Crippen molar-refractivity contribution in [1.29, 1.82) is 0 Å². The number of amides is 2. The zero-order valence-electron chi connectivity index (χ0n) is 12.3. The third-order valence-electron chi connectivity index (χ3n) is 2.71. The molecule has 1 aromatic rings. The van der Waals surface area contributed by atoms with Crippen LogP contribution in [0.2, 0.25) is 0 Å². The van der Waals surface area contributed by atoms with Crippen LogP contribution in [0, 0.1) is 11.8 Å². The van der Waals surface area contributed by atoms with Crippen LogP contribution < -0.4 is 24.8 Å². The molecule has 0 atom stereocenters. The van der Waals surface area contributed by atoms with Gasteiger partial charge in [-0.3, -0.25) is 0 Å². The summed E-state index contributed by atoms with van der Waals surface area (Å²) < 4.78 is 20.7. The summed E-state index contributed by atoms with van der Waals surface area (Å²) >= 11 is 0. The molecule has 0 saturated carbocycles. The van der Waals surface area contributed by atoms with Gasteiger partial charge in [0.1, 0.15) is 12.4 Å². The highest BCUT2D eigenvalue weighted by molar-refractivity contribution is 5.74. The van der Waals surface area contributed by atoms with Gasteiger partial charge in [0.15, 0.2) is 11.5 Å². The van der Waals surface area contributed by atoms with Crippen LogP contribution in [0.1, 0.15) is 0 Å². The zero-order valence-corrected chi connectivity index (χ0v) is 12.3. The summed E-state index contributed by atoms with van der Waals surface area (Å²) in [4.78, 5) is 11.3. The van der Waals surface area contributed by atoms with Crippen LogP contribution in [0.5, 0.6) is 17.2 Å². The van der Waals surface area contributed by atoms with E-state index in [4.69, 9.17) is 18.9 Å². The molecule has 0 spiro atoms. The molecule has 2 amide bonds. The van der Waals surface area contributed by atoms with Crippen LogP contribution in [-0.4, -0.2) is 46.2 Å². The number of urea groups is 1. The number of carbonyl (C=O) groups excluding carboxylic acids is 1. The number of rotatable bonds is 6. The molecule has 0 aliphatic carbocycles. The Morgan fingerprint density at radius 2 is 2.14 bits per heavy atom. The molecule has 0 bridgehead atoms. The van der Waals surface area contributed by atoms with Gasteiger partial charge >= 0.3 is 6.03 Å². The van der Waals surface area contributed by atoms with Gasteiger partial charge < -0.3 is 29.6 Å². The van der Waals surface area contributed by atoms with E-state index < -0.39 is 0 Å². The van der Waals surface area contributed by atoms with Crippen LogP contribution in [0.4, 0.5) is 4.79 Å². The van der Waals surface area contributed by atoms with Crippen molar-refractivity contribution in [3.8, 4) is 29.1 Å². The molecule has 0 aromatic heterocycles. The second-order valence-corrected chi connectivity index (χ2v) is 4.26. The van der Waals surface area contributed by atoms with Crippen molar-refractivity contribution in [3.05, 3.63) is 18.2 Å². The average molecular weight is 306 g/mol. The summed E-state index contributed by atoms with van der Waals surface area (Å²) in [7, 11) is 1.57. The fourth-order valence-corrected chi connectivity index (χ4v) is 1.65. The summed E-state index contributed by atoms with van der Waals surface area (Å²) in [5, 5.41) is 5.23. The molecule has 1 aliphatic heterocycles. The molecule has 0 unspecified atom stereocenters. The Morgan fingerprint density at radius 3 is 3.00 bits per heavy atom. The molecular formula is C15H18N2O5. The molecule has 0 fully saturated rings. The van der Waals surface area contributed by atoms with Crippen LogP contribution >= 0.6 is 0 Å². The predicted octanol–water partition coefficient (Wildman–Crippen LogP) is 0.743. The van der Waals surface area contributed by atoms with Crippen LogP contribution in [-0.2, 0) is 4.74 Å². The highest BCUT2D eigenvalue weighted by Crippen LogP contribution is 2.34. The van der Waals surface area contributed by atoms with E-state index >= 15 is 0 Å². The van der Waals surface area contributed by atoms with E-state index in [1.165, 1.54) is 0 Å². The van der Waals surface area contributed by atoms with E-state index in [9.17, 15) is 4.79 Å². The Bertz CT molecular complexity index is 565. The van der Waals surface area contributed by atoms with Gasteiger partial charge in [0.25, 0.3) is 0 Å². The molecule has 118 valence electrons. The molecule has 7 nitrogen and oxygen atoms in total. The molecule has 0 saturated heterocycles. The molecule has 2 N–H and O–H groups in total. The summed E-state index contributed by atoms with van der Waals surface area (Å²) in [5.41, 5.74) is 0. The van der Waals surface area contributed by atoms with Gasteiger partial charge in [-0.2, -0.15) is 0 Å². The van der Waals surface area contributed by atoms with Crippen molar-refractivity contribution in [2.24, 2.45) is 0 Å². The molecule has 7 heteroatoms. The maximum Gasteiger partial charge on any atom is 0.315 e. The topological polar surface area (TPSA) is 78.1 Å². The number of ether oxygens (including phenoxy) is 4. The number of nitrogens with one attached hydrogen (secondary N) is 2. The lowest BCUT2D eigenvalue weighted by Crippen LogP contribution is -2.37. The first-order valence-electron chi connectivity index (χ1n) is 6.78. The fraction of sp³-hybridized carbons (Fsp3) is 0.400. The molecule has 1 heterocycles. The Balaban J connectivity index is 1.62. The fourth-order valence-electron chi connectivity index (χ4n) is 1.65. The van der Waals surface area contributed by atoms with Gasteiger partial charge in [-0.05, 0) is 12.1 Å². The van der Waals surface area contributed by atoms with Crippen LogP contribution in [0.15, 0.2) is 18.2 Å². The molecular weight excluding hydrogens is 288 g/mol. The van der Waals surface area contributed by atoms with Crippen LogP contribution in [0.25, 0.3) is 0 Å². The van der Waals surface area contributed by atoms with Gasteiger partial charge in [-0.15, -0.1) is 0 Å². The van der Waals surface area contributed by atoms with Crippen molar-refractivity contribution < 1.29 is 23.7 Å². The maximum absolute atomic E-state index is 11.3. The number of benzene rings is 1. The largest absolute Gasteiger partial charge is 0.481 e. The Hall–Kier alpha value is -2.59. The standard InChI is InChI=1S/C15H18N2O5/c1-19-9-7-17-15(18)16-6-2-3-8-20-12-4-5-13-14(10-12)22-11-21-13/h4-5,10H,6-9,11H2,1H3,(H2,16,17,18). The van der Waals surface area contributed by atoms with Crippen molar-refractivity contribution in [2.75, 3.05) is 40.2 Å². The quantitative estimate of drug-likeness (QED) is 0.599. The third kappa shape index (κ3) is 5.07. The zero-order chi connectivity index (χ0) is 15.6. The number of carbonyl (C=O) groups is 1. The SMILES string of the molecule is COCCNC(=O)NCC#CCOc1ccc2c(c1)OCO2. The number of fused-ring (bicyclic) bond motifs is 1. The summed E-state index contributed by atoms with van der Waals surface area (Å²) in [6, 6.07) is 5.06. The second kappa shape index (κ2) is 8.64. The van der Waals surface area contributed by atoms with Crippen LogP contribution in [0.3, 0.4) is 0 Å². The minimum absolute atomic E-state index is 0.229. The highest BCUT2D eigenvalue weighted by atomic mass is 16.7. The molecule has 2 rings (SSSR count). The van der Waals surface area contributed by atoms with Gasteiger partial charge in [0.05, 0.1) is 13.2 Å². The summed E-state index contributed by atoms with van der Waals surface area (Å²) in [6.45, 7) is 1.65. The minimum atomic E-state index is -0.275. The van der Waals surface area contributed by atoms with E-state index in [1.54, 1.807) is 25.3 Å². The van der Waals surface area contributed by atoms with Gasteiger partial charge in [-0.25, -0.2) is 4.79 Å². The van der Waals surface area contributed by atoms with Crippen molar-refractivity contribution in [2.45, 2.75) is 0 Å². The number of hydrogen-bond donors (Lipinski definition) is 2. The van der Waals surface area contributed by atoms with Gasteiger partial charge in [-0.1, -0.05) is 11.8 Å². The van der Waals surface area contributed by atoms with Crippen molar-refractivity contribution in [3.63, 3.8) is 0 Å². The Labute approximate surface area is 128 Å². The lowest BCUT2D eigenvalue weighted by atomic mass is 10.3. The monoisotopic (exact) mass is 306 g/mol. The Morgan fingerprint density at radius 1 is 1.27 bits per heavy atom. The van der Waals surface area contributed by atoms with E-state index in [0.29, 0.717) is 30.4 Å². The molecule has 1 aliphatic rings. The van der Waals surface area contributed by atoms with E-state index in [0.717, 1.165) is 0 Å². The van der Waals surface area contributed by atoms with E-state index in [1.807, 2.05) is 0 Å². The number of methoxy groups -OCH3 is 1. The van der Waals surface area contributed by atoms with Crippen molar-refractivity contribution in [1.82, 2.24) is 10.6 Å². The normalized spacial score (nSPS) is 11.3.